The highest BCUT2D eigenvalue weighted by Crippen LogP contribution is 2.36. The van der Waals surface area contributed by atoms with Gasteiger partial charge in [-0.2, -0.15) is 0 Å². The number of likely N-dealkylation sites (tertiary alicyclic amines) is 1. The third kappa shape index (κ3) is 5.12. The average Bonchev–Trinajstić information content (AvgIpc) is 2.78. The molecule has 2 atom stereocenters. The van der Waals surface area contributed by atoms with E-state index in [4.69, 9.17) is 4.74 Å². The number of methoxy groups -OCH3 is 1. The van der Waals surface area contributed by atoms with E-state index in [0.29, 0.717) is 19.4 Å². The van der Waals surface area contributed by atoms with Crippen LogP contribution in [0.15, 0.2) is 54.6 Å². The first kappa shape index (κ1) is 21.7. The number of nitrogens with zero attached hydrogens (tertiary/aromatic N) is 2. The van der Waals surface area contributed by atoms with Crippen LogP contribution in [-0.2, 0) is 9.59 Å². The van der Waals surface area contributed by atoms with Gasteiger partial charge < -0.3 is 19.9 Å². The fourth-order valence-corrected chi connectivity index (χ4v) is 4.04. The lowest BCUT2D eigenvalue weighted by molar-refractivity contribution is -0.141. The second-order valence-electron chi connectivity index (χ2n) is 7.77. The predicted octanol–water partition coefficient (Wildman–Crippen LogP) is 3.25. The smallest absolute Gasteiger partial charge is 0.225 e. The van der Waals surface area contributed by atoms with Crippen LogP contribution in [0.4, 0.5) is 5.69 Å². The van der Waals surface area contributed by atoms with Crippen molar-refractivity contribution in [2.45, 2.75) is 25.3 Å². The topological polar surface area (TPSA) is 61.9 Å². The number of carbonyl (C=O) groups excluding carboxylic acids is 2. The van der Waals surface area contributed by atoms with Gasteiger partial charge in [0, 0.05) is 39.3 Å². The summed E-state index contributed by atoms with van der Waals surface area (Å²) in [5, 5.41) is 3.09. The Morgan fingerprint density at radius 3 is 2.53 bits per heavy atom. The standard InChI is InChI=1S/C24H31N3O3/c1-26(19-8-5-4-6-9-19)17-7-16-25-24(29)21-14-15-22(28)27(2)23(21)18-10-12-20(30-3)13-11-18/h4-6,8-13,21,23H,7,14-17H2,1-3H3,(H,25,29). The van der Waals surface area contributed by atoms with Gasteiger partial charge in [0.2, 0.25) is 11.8 Å². The zero-order chi connectivity index (χ0) is 21.5. The third-order valence-corrected chi connectivity index (χ3v) is 5.82. The molecule has 160 valence electrons. The molecule has 2 unspecified atom stereocenters. The Balaban J connectivity index is 1.59. The third-order valence-electron chi connectivity index (χ3n) is 5.82. The van der Waals surface area contributed by atoms with Crippen LogP contribution in [-0.4, -0.2) is 51.0 Å². The summed E-state index contributed by atoms with van der Waals surface area (Å²) in [7, 11) is 5.46. The number of amides is 2. The first-order valence-electron chi connectivity index (χ1n) is 10.4. The van der Waals surface area contributed by atoms with Gasteiger partial charge in [-0.15, -0.1) is 0 Å². The number of carbonyl (C=O) groups is 2. The monoisotopic (exact) mass is 409 g/mol. The minimum Gasteiger partial charge on any atom is -0.497 e. The highest BCUT2D eigenvalue weighted by molar-refractivity contribution is 5.84. The SMILES string of the molecule is COc1ccc(C2C(C(=O)NCCCN(C)c3ccccc3)CCC(=O)N2C)cc1. The number of rotatable bonds is 8. The number of nitrogens with one attached hydrogen (secondary N) is 1. The van der Waals surface area contributed by atoms with Crippen LogP contribution in [0.5, 0.6) is 5.75 Å². The van der Waals surface area contributed by atoms with Crippen LogP contribution in [0, 0.1) is 5.92 Å². The first-order valence-corrected chi connectivity index (χ1v) is 10.4. The van der Waals surface area contributed by atoms with Gasteiger partial charge >= 0.3 is 0 Å². The van der Waals surface area contributed by atoms with Crippen LogP contribution in [0.2, 0.25) is 0 Å². The van der Waals surface area contributed by atoms with Crippen LogP contribution >= 0.6 is 0 Å². The lowest BCUT2D eigenvalue weighted by Gasteiger charge is -2.38. The van der Waals surface area contributed by atoms with Gasteiger partial charge in [-0.3, -0.25) is 9.59 Å². The van der Waals surface area contributed by atoms with Gasteiger partial charge in [-0.05, 0) is 42.7 Å². The van der Waals surface area contributed by atoms with Gasteiger partial charge in [0.15, 0.2) is 0 Å². The fourth-order valence-electron chi connectivity index (χ4n) is 4.04. The molecule has 1 aliphatic heterocycles. The molecule has 0 bridgehead atoms. The largest absolute Gasteiger partial charge is 0.497 e. The summed E-state index contributed by atoms with van der Waals surface area (Å²) in [6, 6.07) is 17.6. The zero-order valence-electron chi connectivity index (χ0n) is 18.0. The summed E-state index contributed by atoms with van der Waals surface area (Å²) in [5.41, 5.74) is 2.12. The average molecular weight is 410 g/mol. The number of hydrogen-bond donors (Lipinski definition) is 1. The van der Waals surface area contributed by atoms with Gasteiger partial charge in [-0.1, -0.05) is 30.3 Å². The summed E-state index contributed by atoms with van der Waals surface area (Å²) >= 11 is 0. The molecule has 6 heteroatoms. The Morgan fingerprint density at radius 2 is 1.87 bits per heavy atom. The van der Waals surface area contributed by atoms with E-state index in [-0.39, 0.29) is 23.8 Å². The molecule has 0 saturated carbocycles. The van der Waals surface area contributed by atoms with Crippen molar-refractivity contribution in [2.75, 3.05) is 39.2 Å². The van der Waals surface area contributed by atoms with Gasteiger partial charge in [0.05, 0.1) is 19.1 Å². The van der Waals surface area contributed by atoms with Crippen molar-refractivity contribution < 1.29 is 14.3 Å². The van der Waals surface area contributed by atoms with Crippen molar-refractivity contribution in [3.63, 3.8) is 0 Å². The number of piperidine rings is 1. The molecule has 2 aromatic carbocycles. The van der Waals surface area contributed by atoms with Crippen molar-refractivity contribution >= 4 is 17.5 Å². The molecule has 0 aromatic heterocycles. The number of hydrogen-bond acceptors (Lipinski definition) is 4. The van der Waals surface area contributed by atoms with E-state index in [9.17, 15) is 9.59 Å². The van der Waals surface area contributed by atoms with Crippen LogP contribution in [0.3, 0.4) is 0 Å². The maximum absolute atomic E-state index is 13.0. The summed E-state index contributed by atoms with van der Waals surface area (Å²) in [4.78, 5) is 29.2. The van der Waals surface area contributed by atoms with E-state index in [2.05, 4.69) is 29.4 Å². The molecule has 6 nitrogen and oxygen atoms in total. The molecule has 1 aliphatic rings. The van der Waals surface area contributed by atoms with E-state index in [0.717, 1.165) is 30.0 Å². The molecule has 3 rings (SSSR count). The summed E-state index contributed by atoms with van der Waals surface area (Å²) < 4.78 is 5.23. The lowest BCUT2D eigenvalue weighted by Crippen LogP contribution is -2.46. The van der Waals surface area contributed by atoms with E-state index in [1.54, 1.807) is 19.1 Å². The normalized spacial score (nSPS) is 18.8. The second kappa shape index (κ2) is 10.1. The second-order valence-corrected chi connectivity index (χ2v) is 7.77. The molecule has 1 N–H and O–H groups in total. The van der Waals surface area contributed by atoms with Crippen LogP contribution in [0.25, 0.3) is 0 Å². The van der Waals surface area contributed by atoms with Gasteiger partial charge in [0.25, 0.3) is 0 Å². The van der Waals surface area contributed by atoms with Crippen molar-refractivity contribution in [1.82, 2.24) is 10.2 Å². The lowest BCUT2D eigenvalue weighted by atomic mass is 9.84. The molecule has 2 amide bonds. The van der Waals surface area contributed by atoms with Crippen molar-refractivity contribution in [1.29, 1.82) is 0 Å². The van der Waals surface area contributed by atoms with Crippen molar-refractivity contribution in [2.24, 2.45) is 5.92 Å². The Kier molecular flexibility index (Phi) is 7.33. The molecule has 1 heterocycles. The number of benzene rings is 2. The van der Waals surface area contributed by atoms with Gasteiger partial charge in [0.1, 0.15) is 5.75 Å². The summed E-state index contributed by atoms with van der Waals surface area (Å²) in [5.74, 6) is 0.585. The number of anilines is 1. The highest BCUT2D eigenvalue weighted by Gasteiger charge is 2.38. The van der Waals surface area contributed by atoms with Crippen molar-refractivity contribution in [3.05, 3.63) is 60.2 Å². The zero-order valence-corrected chi connectivity index (χ0v) is 18.0. The number of ether oxygens (including phenoxy) is 1. The Hall–Kier alpha value is -3.02. The molecular weight excluding hydrogens is 378 g/mol. The highest BCUT2D eigenvalue weighted by atomic mass is 16.5. The van der Waals surface area contributed by atoms with E-state index in [1.165, 1.54) is 0 Å². The van der Waals surface area contributed by atoms with E-state index >= 15 is 0 Å². The number of para-hydroxylation sites is 1. The summed E-state index contributed by atoms with van der Waals surface area (Å²) in [6.07, 6.45) is 1.82. The molecule has 0 spiro atoms. The molecule has 1 saturated heterocycles. The predicted molar refractivity (Wildman–Crippen MR) is 119 cm³/mol. The van der Waals surface area contributed by atoms with E-state index in [1.807, 2.05) is 42.5 Å². The molecule has 0 aliphatic carbocycles. The maximum Gasteiger partial charge on any atom is 0.225 e. The summed E-state index contributed by atoms with van der Waals surface area (Å²) in [6.45, 7) is 1.47. The first-order chi connectivity index (χ1) is 14.5. The van der Waals surface area contributed by atoms with Gasteiger partial charge in [-0.25, -0.2) is 0 Å². The van der Waals surface area contributed by atoms with E-state index < -0.39 is 0 Å². The minimum absolute atomic E-state index is 0.0116. The fraction of sp³-hybridized carbons (Fsp3) is 0.417. The van der Waals surface area contributed by atoms with Crippen LogP contribution in [0.1, 0.15) is 30.9 Å². The quantitative estimate of drug-likeness (QED) is 0.680. The Labute approximate surface area is 178 Å². The van der Waals surface area contributed by atoms with Crippen molar-refractivity contribution in [3.8, 4) is 5.75 Å². The van der Waals surface area contributed by atoms with Crippen LogP contribution < -0.4 is 15.0 Å². The molecule has 0 radical (unpaired) electrons. The molecule has 1 fully saturated rings. The molecule has 30 heavy (non-hydrogen) atoms. The molecule has 2 aromatic rings. The molecular formula is C24H31N3O3. The Bertz CT molecular complexity index is 839. The maximum atomic E-state index is 13.0. The minimum atomic E-state index is -0.260. The Morgan fingerprint density at radius 1 is 1.17 bits per heavy atom.